The Hall–Kier alpha value is -0.920. The molecule has 2 N–H and O–H groups in total. The van der Waals surface area contributed by atoms with Crippen molar-refractivity contribution in [3.05, 3.63) is 0 Å². The number of amides is 1. The van der Waals surface area contributed by atoms with Crippen LogP contribution in [0.5, 0.6) is 0 Å². The predicted molar refractivity (Wildman–Crippen MR) is 35.6 cm³/mol. The second kappa shape index (κ2) is 3.04. The van der Waals surface area contributed by atoms with Crippen LogP contribution in [-0.2, 0) is 4.79 Å². The lowest BCUT2D eigenvalue weighted by atomic mass is 10.2. The van der Waals surface area contributed by atoms with E-state index in [1.54, 1.807) is 0 Å². The highest BCUT2D eigenvalue weighted by Crippen LogP contribution is 2.29. The van der Waals surface area contributed by atoms with E-state index < -0.39 is 37.1 Å². The van der Waals surface area contributed by atoms with Crippen molar-refractivity contribution in [2.75, 3.05) is 13.1 Å². The van der Waals surface area contributed by atoms with Gasteiger partial charge in [0.2, 0.25) is 0 Å². The van der Waals surface area contributed by atoms with Crippen molar-refractivity contribution in [1.82, 2.24) is 4.90 Å². The molecule has 1 atom stereocenters. The number of halogens is 5. The van der Waals surface area contributed by atoms with E-state index in [1.807, 2.05) is 0 Å². The Bertz CT molecular complexity index is 251. The number of rotatable bonds is 0. The molecule has 1 heterocycles. The highest BCUT2D eigenvalue weighted by Gasteiger charge is 2.53. The Kier molecular flexibility index (Phi) is 2.42. The molecule has 1 amide bonds. The summed E-state index contributed by atoms with van der Waals surface area (Å²) in [5, 5.41) is 0. The first kappa shape index (κ1) is 11.2. The predicted octanol–water partition coefficient (Wildman–Crippen LogP) is 0.353. The van der Waals surface area contributed by atoms with Gasteiger partial charge in [-0.2, -0.15) is 13.2 Å². The quantitative estimate of drug-likeness (QED) is 0.596. The average Bonchev–Trinajstić information content (AvgIpc) is 2.23. The molecule has 0 aromatic carbocycles. The summed E-state index contributed by atoms with van der Waals surface area (Å²) >= 11 is 0. The minimum Gasteiger partial charge on any atom is -0.327 e. The Balaban J connectivity index is 2.72. The molecule has 0 bridgehead atoms. The highest BCUT2D eigenvalue weighted by atomic mass is 19.4. The number of hydrogen-bond acceptors (Lipinski definition) is 2. The van der Waals surface area contributed by atoms with E-state index in [1.165, 1.54) is 0 Å². The van der Waals surface area contributed by atoms with Crippen LogP contribution in [0, 0.1) is 0 Å². The lowest BCUT2D eigenvalue weighted by Crippen LogP contribution is -2.40. The van der Waals surface area contributed by atoms with Crippen molar-refractivity contribution in [2.45, 2.75) is 18.1 Å². The van der Waals surface area contributed by atoms with Gasteiger partial charge in [0.15, 0.2) is 0 Å². The summed E-state index contributed by atoms with van der Waals surface area (Å²) in [6.45, 7) is -2.04. The van der Waals surface area contributed by atoms with Crippen LogP contribution in [0.3, 0.4) is 0 Å². The Labute approximate surface area is 75.6 Å². The molecule has 0 radical (unpaired) electrons. The molecule has 0 spiro atoms. The van der Waals surface area contributed by atoms with Crippen LogP contribution in [0.4, 0.5) is 22.0 Å². The van der Waals surface area contributed by atoms with Crippen molar-refractivity contribution in [2.24, 2.45) is 5.73 Å². The van der Waals surface area contributed by atoms with Crippen molar-refractivity contribution in [1.29, 1.82) is 0 Å². The van der Waals surface area contributed by atoms with Gasteiger partial charge in [0.1, 0.15) is 0 Å². The van der Waals surface area contributed by atoms with Gasteiger partial charge in [-0.05, 0) is 0 Å². The van der Waals surface area contributed by atoms with E-state index in [0.717, 1.165) is 0 Å². The fraction of sp³-hybridized carbons (Fsp3) is 0.833. The molecule has 1 aliphatic heterocycles. The molecule has 1 saturated heterocycles. The van der Waals surface area contributed by atoms with Crippen LogP contribution in [-0.4, -0.2) is 42.0 Å². The highest BCUT2D eigenvalue weighted by molar-refractivity contribution is 5.82. The smallest absolute Gasteiger partial charge is 0.327 e. The molecule has 1 rings (SSSR count). The molecule has 0 aromatic heterocycles. The molecule has 1 fully saturated rings. The van der Waals surface area contributed by atoms with E-state index in [4.69, 9.17) is 5.73 Å². The van der Waals surface area contributed by atoms with Crippen LogP contribution in [0.2, 0.25) is 0 Å². The summed E-state index contributed by atoms with van der Waals surface area (Å²) in [6, 6.07) is -1.73. The zero-order valence-corrected chi connectivity index (χ0v) is 6.81. The van der Waals surface area contributed by atoms with Crippen molar-refractivity contribution >= 4 is 5.91 Å². The van der Waals surface area contributed by atoms with Crippen molar-refractivity contribution < 1.29 is 26.7 Å². The zero-order chi connectivity index (χ0) is 11.1. The minimum absolute atomic E-state index is 0.0185. The first-order chi connectivity index (χ1) is 6.14. The molecule has 0 saturated carbocycles. The topological polar surface area (TPSA) is 46.3 Å². The van der Waals surface area contributed by atoms with Crippen molar-refractivity contribution in [3.8, 4) is 0 Å². The summed E-state index contributed by atoms with van der Waals surface area (Å²) in [6.07, 6.45) is -5.12. The van der Waals surface area contributed by atoms with Crippen LogP contribution >= 0.6 is 0 Å². The maximum Gasteiger partial charge on any atom is 0.471 e. The third kappa shape index (κ3) is 1.94. The molecule has 1 unspecified atom stereocenters. The van der Waals surface area contributed by atoms with Gasteiger partial charge in [-0.25, -0.2) is 8.78 Å². The van der Waals surface area contributed by atoms with E-state index >= 15 is 0 Å². The standard InChI is InChI=1S/C6H7F5N2O/c7-5(8)2-13(1-3(5)12)4(14)6(9,10)11/h3H,1-2,12H2. The van der Waals surface area contributed by atoms with Gasteiger partial charge in [0.25, 0.3) is 5.92 Å². The summed E-state index contributed by atoms with van der Waals surface area (Å²) < 4.78 is 60.7. The van der Waals surface area contributed by atoms with Crippen LogP contribution in [0.25, 0.3) is 0 Å². The number of likely N-dealkylation sites (tertiary alicyclic amines) is 1. The van der Waals surface area contributed by atoms with Gasteiger partial charge in [0, 0.05) is 6.54 Å². The largest absolute Gasteiger partial charge is 0.471 e. The second-order valence-corrected chi connectivity index (χ2v) is 3.05. The lowest BCUT2D eigenvalue weighted by molar-refractivity contribution is -0.185. The Morgan fingerprint density at radius 2 is 1.93 bits per heavy atom. The second-order valence-electron chi connectivity index (χ2n) is 3.05. The third-order valence-corrected chi connectivity index (χ3v) is 1.89. The molecule has 82 valence electrons. The van der Waals surface area contributed by atoms with Crippen LogP contribution in [0.1, 0.15) is 0 Å². The zero-order valence-electron chi connectivity index (χ0n) is 6.81. The maximum absolute atomic E-state index is 12.7. The normalized spacial score (nSPS) is 26.7. The number of nitrogens with zero attached hydrogens (tertiary/aromatic N) is 1. The third-order valence-electron chi connectivity index (χ3n) is 1.89. The molecular formula is C6H7F5N2O. The number of carbonyl (C=O) groups is 1. The molecule has 1 aliphatic rings. The molecule has 0 aliphatic carbocycles. The molecule has 0 aromatic rings. The van der Waals surface area contributed by atoms with E-state index in [2.05, 4.69) is 0 Å². The van der Waals surface area contributed by atoms with Crippen LogP contribution in [0.15, 0.2) is 0 Å². The summed E-state index contributed by atoms with van der Waals surface area (Å²) in [5.74, 6) is -5.72. The Morgan fingerprint density at radius 3 is 2.21 bits per heavy atom. The average molecular weight is 218 g/mol. The Morgan fingerprint density at radius 1 is 1.43 bits per heavy atom. The maximum atomic E-state index is 12.7. The van der Waals surface area contributed by atoms with Gasteiger partial charge in [0.05, 0.1) is 12.6 Å². The number of hydrogen-bond donors (Lipinski definition) is 1. The summed E-state index contributed by atoms with van der Waals surface area (Å²) in [4.78, 5) is 10.5. The van der Waals surface area contributed by atoms with Crippen molar-refractivity contribution in [3.63, 3.8) is 0 Å². The molecule has 8 heteroatoms. The van der Waals surface area contributed by atoms with E-state index in [-0.39, 0.29) is 4.90 Å². The minimum atomic E-state index is -5.12. The fourth-order valence-corrected chi connectivity index (χ4v) is 1.14. The molecular weight excluding hydrogens is 211 g/mol. The summed E-state index contributed by atoms with van der Waals surface area (Å²) in [5.41, 5.74) is 4.87. The SMILES string of the molecule is NC1CN(C(=O)C(F)(F)F)CC1(F)F. The van der Waals surface area contributed by atoms with Gasteiger partial charge < -0.3 is 10.6 Å². The lowest BCUT2D eigenvalue weighted by Gasteiger charge is -2.16. The molecule has 3 nitrogen and oxygen atoms in total. The van der Waals surface area contributed by atoms with Gasteiger partial charge in [-0.3, -0.25) is 4.79 Å². The van der Waals surface area contributed by atoms with E-state index in [9.17, 15) is 26.7 Å². The van der Waals surface area contributed by atoms with Gasteiger partial charge in [-0.1, -0.05) is 0 Å². The first-order valence-electron chi connectivity index (χ1n) is 3.64. The van der Waals surface area contributed by atoms with Gasteiger partial charge >= 0.3 is 12.1 Å². The van der Waals surface area contributed by atoms with E-state index in [0.29, 0.717) is 0 Å². The number of nitrogens with two attached hydrogens (primary N) is 1. The fourth-order valence-electron chi connectivity index (χ4n) is 1.14. The first-order valence-corrected chi connectivity index (χ1v) is 3.64. The number of alkyl halides is 5. The summed E-state index contributed by atoms with van der Waals surface area (Å²) in [7, 11) is 0. The molecule has 14 heavy (non-hydrogen) atoms. The monoisotopic (exact) mass is 218 g/mol. The van der Waals surface area contributed by atoms with Crippen LogP contribution < -0.4 is 5.73 Å². The van der Waals surface area contributed by atoms with Gasteiger partial charge in [-0.15, -0.1) is 0 Å². The number of carbonyl (C=O) groups excluding carboxylic acids is 1.